The zero-order chi connectivity index (χ0) is 15.4. The van der Waals surface area contributed by atoms with Crippen molar-refractivity contribution < 1.29 is 19.4 Å². The van der Waals surface area contributed by atoms with Gasteiger partial charge in [-0.15, -0.1) is 0 Å². The predicted octanol–water partition coefficient (Wildman–Crippen LogP) is 3.18. The zero-order valence-electron chi connectivity index (χ0n) is 11.8. The first-order valence-corrected chi connectivity index (χ1v) is 7.26. The summed E-state index contributed by atoms with van der Waals surface area (Å²) in [6.45, 7) is 0. The van der Waals surface area contributed by atoms with Crippen LogP contribution in [0.3, 0.4) is 0 Å². The molecule has 1 aliphatic carbocycles. The highest BCUT2D eigenvalue weighted by molar-refractivity contribution is 6.32. The Balaban J connectivity index is 2.00. The number of rotatable bonds is 4. The summed E-state index contributed by atoms with van der Waals surface area (Å²) in [5.74, 6) is -1.12. The number of aliphatic carboxylic acids is 1. The summed E-state index contributed by atoms with van der Waals surface area (Å²) in [5.41, 5.74) is 0.586. The number of carbonyl (C=O) groups is 2. The molecule has 2 N–H and O–H groups in total. The molecule has 1 aliphatic rings. The number of nitrogens with one attached hydrogen (secondary N) is 1. The lowest BCUT2D eigenvalue weighted by molar-refractivity contribution is -0.143. The lowest BCUT2D eigenvalue weighted by Gasteiger charge is -2.25. The fourth-order valence-electron chi connectivity index (χ4n) is 2.64. The molecule has 1 fully saturated rings. The third-order valence-electron chi connectivity index (χ3n) is 3.81. The van der Waals surface area contributed by atoms with Crippen molar-refractivity contribution >= 4 is 29.2 Å². The van der Waals surface area contributed by atoms with Crippen LogP contribution in [0.5, 0.6) is 5.75 Å². The average Bonchev–Trinajstić information content (AvgIpc) is 2.47. The Labute approximate surface area is 128 Å². The van der Waals surface area contributed by atoms with Crippen LogP contribution in [0.15, 0.2) is 18.2 Å². The molecule has 0 aromatic heterocycles. The Kier molecular flexibility index (Phi) is 5.07. The number of carboxylic acid groups (broad SMARTS) is 1. The van der Waals surface area contributed by atoms with Gasteiger partial charge in [-0.1, -0.05) is 18.0 Å². The second-order valence-corrected chi connectivity index (χ2v) is 5.64. The van der Waals surface area contributed by atoms with Crippen LogP contribution in [0.25, 0.3) is 0 Å². The summed E-state index contributed by atoms with van der Waals surface area (Å²) in [6, 6.07) is 5.01. The monoisotopic (exact) mass is 311 g/mol. The van der Waals surface area contributed by atoms with Gasteiger partial charge in [-0.25, -0.2) is 0 Å². The summed E-state index contributed by atoms with van der Waals surface area (Å²) in [4.78, 5) is 23.3. The van der Waals surface area contributed by atoms with Crippen molar-refractivity contribution in [2.24, 2.45) is 11.8 Å². The van der Waals surface area contributed by atoms with Crippen molar-refractivity contribution in [2.45, 2.75) is 25.7 Å². The van der Waals surface area contributed by atoms with Crippen LogP contribution in [0.2, 0.25) is 5.02 Å². The molecular formula is C15H18ClNO4. The van der Waals surface area contributed by atoms with E-state index in [0.29, 0.717) is 29.3 Å². The molecule has 1 aromatic rings. The molecule has 1 amide bonds. The molecule has 2 unspecified atom stereocenters. The Morgan fingerprint density at radius 2 is 2.05 bits per heavy atom. The van der Waals surface area contributed by atoms with Gasteiger partial charge in [0.25, 0.3) is 0 Å². The first-order valence-electron chi connectivity index (χ1n) is 6.88. The maximum absolute atomic E-state index is 12.2. The molecule has 21 heavy (non-hydrogen) atoms. The van der Waals surface area contributed by atoms with Crippen molar-refractivity contribution in [3.63, 3.8) is 0 Å². The topological polar surface area (TPSA) is 75.6 Å². The predicted molar refractivity (Wildman–Crippen MR) is 79.7 cm³/mol. The first-order chi connectivity index (χ1) is 10.0. The van der Waals surface area contributed by atoms with Crippen LogP contribution in [0.4, 0.5) is 5.69 Å². The minimum atomic E-state index is -0.819. The Bertz CT molecular complexity index is 546. The number of benzene rings is 1. The van der Waals surface area contributed by atoms with Gasteiger partial charge in [0, 0.05) is 11.6 Å². The van der Waals surface area contributed by atoms with E-state index >= 15 is 0 Å². The number of amides is 1. The van der Waals surface area contributed by atoms with E-state index < -0.39 is 11.9 Å². The molecular weight excluding hydrogens is 294 g/mol. The smallest absolute Gasteiger partial charge is 0.306 e. The number of hydrogen-bond acceptors (Lipinski definition) is 3. The van der Waals surface area contributed by atoms with E-state index in [4.69, 9.17) is 21.4 Å². The van der Waals surface area contributed by atoms with Gasteiger partial charge < -0.3 is 15.2 Å². The minimum absolute atomic E-state index is 0.151. The van der Waals surface area contributed by atoms with Gasteiger partial charge in [0.05, 0.1) is 18.1 Å². The van der Waals surface area contributed by atoms with Crippen LogP contribution < -0.4 is 10.1 Å². The Hall–Kier alpha value is -1.75. The number of halogens is 1. The van der Waals surface area contributed by atoms with Gasteiger partial charge in [0.2, 0.25) is 5.91 Å². The van der Waals surface area contributed by atoms with Crippen molar-refractivity contribution in [1.29, 1.82) is 0 Å². The van der Waals surface area contributed by atoms with E-state index in [1.54, 1.807) is 18.2 Å². The largest absolute Gasteiger partial charge is 0.495 e. The van der Waals surface area contributed by atoms with Gasteiger partial charge in [0.15, 0.2) is 0 Å². The van der Waals surface area contributed by atoms with Gasteiger partial charge in [-0.05, 0) is 37.5 Å². The number of methoxy groups -OCH3 is 1. The molecule has 1 saturated carbocycles. The van der Waals surface area contributed by atoms with Crippen LogP contribution in [-0.4, -0.2) is 24.1 Å². The summed E-state index contributed by atoms with van der Waals surface area (Å²) in [6.07, 6.45) is 2.52. The fraction of sp³-hybridized carbons (Fsp3) is 0.467. The number of carboxylic acids is 1. The van der Waals surface area contributed by atoms with Crippen LogP contribution in [0.1, 0.15) is 25.7 Å². The summed E-state index contributed by atoms with van der Waals surface area (Å²) >= 11 is 6.01. The molecule has 0 heterocycles. The Morgan fingerprint density at radius 1 is 1.33 bits per heavy atom. The molecule has 2 rings (SSSR count). The average molecular weight is 312 g/mol. The molecule has 5 nitrogen and oxygen atoms in total. The second kappa shape index (κ2) is 6.80. The highest BCUT2D eigenvalue weighted by atomic mass is 35.5. The number of hydrogen-bond donors (Lipinski definition) is 2. The van der Waals surface area contributed by atoms with Gasteiger partial charge in [-0.2, -0.15) is 0 Å². The molecule has 2 atom stereocenters. The van der Waals surface area contributed by atoms with Gasteiger partial charge in [0.1, 0.15) is 5.75 Å². The van der Waals surface area contributed by atoms with Crippen LogP contribution >= 0.6 is 11.6 Å². The van der Waals surface area contributed by atoms with E-state index in [0.717, 1.165) is 12.8 Å². The minimum Gasteiger partial charge on any atom is -0.495 e. The molecule has 114 valence electrons. The molecule has 0 spiro atoms. The second-order valence-electron chi connectivity index (χ2n) is 5.24. The lowest BCUT2D eigenvalue weighted by Crippen LogP contribution is -2.30. The highest BCUT2D eigenvalue weighted by Crippen LogP contribution is 2.31. The van der Waals surface area contributed by atoms with Crippen LogP contribution in [0, 0.1) is 11.8 Å². The first kappa shape index (κ1) is 15.6. The number of carbonyl (C=O) groups excluding carboxylic acids is 1. The number of ether oxygens (including phenoxy) is 1. The van der Waals surface area contributed by atoms with E-state index in [2.05, 4.69) is 5.32 Å². The quantitative estimate of drug-likeness (QED) is 0.895. The Morgan fingerprint density at radius 3 is 2.67 bits per heavy atom. The third kappa shape index (κ3) is 3.88. The van der Waals surface area contributed by atoms with Crippen molar-refractivity contribution in [2.75, 3.05) is 12.4 Å². The van der Waals surface area contributed by atoms with Crippen molar-refractivity contribution in [3.8, 4) is 5.75 Å². The maximum Gasteiger partial charge on any atom is 0.306 e. The SMILES string of the molecule is COc1ccc(NC(=O)C2CCCC(C(=O)O)C2)cc1Cl. The van der Waals surface area contributed by atoms with Gasteiger partial charge >= 0.3 is 5.97 Å². The standard InChI is InChI=1S/C15H18ClNO4/c1-21-13-6-5-11(8-12(13)16)17-14(18)9-3-2-4-10(7-9)15(19)20/h5-6,8-10H,2-4,7H2,1H3,(H,17,18)(H,19,20). The molecule has 1 aromatic carbocycles. The van der Waals surface area contributed by atoms with Crippen molar-refractivity contribution in [3.05, 3.63) is 23.2 Å². The fourth-order valence-corrected chi connectivity index (χ4v) is 2.90. The third-order valence-corrected chi connectivity index (χ3v) is 4.11. The molecule has 0 bridgehead atoms. The molecule has 0 aliphatic heterocycles. The van der Waals surface area contributed by atoms with E-state index in [1.165, 1.54) is 7.11 Å². The van der Waals surface area contributed by atoms with E-state index in [1.807, 2.05) is 0 Å². The molecule has 0 saturated heterocycles. The van der Waals surface area contributed by atoms with Crippen molar-refractivity contribution in [1.82, 2.24) is 0 Å². The molecule has 6 heteroatoms. The maximum atomic E-state index is 12.2. The van der Waals surface area contributed by atoms with Crippen LogP contribution in [-0.2, 0) is 9.59 Å². The van der Waals surface area contributed by atoms with Gasteiger partial charge in [-0.3, -0.25) is 9.59 Å². The summed E-state index contributed by atoms with van der Waals surface area (Å²) in [5, 5.41) is 12.3. The van der Waals surface area contributed by atoms with E-state index in [-0.39, 0.29) is 11.8 Å². The normalized spacial score (nSPS) is 21.6. The summed E-state index contributed by atoms with van der Waals surface area (Å²) < 4.78 is 5.05. The molecule has 0 radical (unpaired) electrons. The zero-order valence-corrected chi connectivity index (χ0v) is 12.5. The van der Waals surface area contributed by atoms with E-state index in [9.17, 15) is 9.59 Å². The number of anilines is 1. The summed E-state index contributed by atoms with van der Waals surface area (Å²) in [7, 11) is 1.52. The lowest BCUT2D eigenvalue weighted by atomic mass is 9.81. The highest BCUT2D eigenvalue weighted by Gasteiger charge is 2.31.